The van der Waals surface area contributed by atoms with E-state index in [1.54, 1.807) is 0 Å². The average Bonchev–Trinajstić information content (AvgIpc) is 2.33. The lowest BCUT2D eigenvalue weighted by Gasteiger charge is -2.29. The molecule has 0 heteroatoms. The number of allylic oxidation sites excluding steroid dienone is 3. The van der Waals surface area contributed by atoms with E-state index in [1.165, 1.54) is 48.8 Å². The molecule has 0 aromatic heterocycles. The van der Waals surface area contributed by atoms with E-state index in [0.717, 1.165) is 5.92 Å². The molecule has 1 aliphatic rings. The van der Waals surface area contributed by atoms with Crippen LogP contribution in [0.25, 0.3) is 0 Å². The fourth-order valence-corrected chi connectivity index (χ4v) is 2.46. The highest BCUT2D eigenvalue weighted by Gasteiger charge is 2.23. The Morgan fingerprint density at radius 2 is 2.06 bits per heavy atom. The van der Waals surface area contributed by atoms with Gasteiger partial charge in [0.15, 0.2) is 0 Å². The largest absolute Gasteiger partial charge is 0.0956 e. The first kappa shape index (κ1) is 12.2. The third-order valence-electron chi connectivity index (χ3n) is 3.63. The van der Waals surface area contributed by atoms with Crippen LogP contribution in [0.3, 0.4) is 0 Å². The van der Waals surface area contributed by atoms with Crippen LogP contribution in [0.15, 0.2) is 54.1 Å². The molecule has 1 aromatic carbocycles. The number of rotatable bonds is 6. The van der Waals surface area contributed by atoms with Crippen LogP contribution in [0, 0.1) is 5.92 Å². The monoisotopic (exact) mass is 226 g/mol. The van der Waals surface area contributed by atoms with Gasteiger partial charge < -0.3 is 0 Å². The Morgan fingerprint density at radius 3 is 2.65 bits per heavy atom. The minimum absolute atomic E-state index is 0.724. The van der Waals surface area contributed by atoms with E-state index < -0.39 is 0 Å². The number of hydrogen-bond acceptors (Lipinski definition) is 0. The van der Waals surface area contributed by atoms with Crippen molar-refractivity contribution < 1.29 is 0 Å². The second-order valence-corrected chi connectivity index (χ2v) is 4.99. The van der Waals surface area contributed by atoms with Crippen LogP contribution in [0.2, 0.25) is 0 Å². The Labute approximate surface area is 105 Å². The molecule has 90 valence electrons. The third kappa shape index (κ3) is 3.09. The summed E-state index contributed by atoms with van der Waals surface area (Å²) in [5.74, 6) is 0.724. The summed E-state index contributed by atoms with van der Waals surface area (Å²) in [4.78, 5) is 0. The molecular weight excluding hydrogens is 204 g/mol. The molecule has 17 heavy (non-hydrogen) atoms. The molecule has 0 bridgehead atoms. The van der Waals surface area contributed by atoms with Crippen molar-refractivity contribution in [1.82, 2.24) is 0 Å². The van der Waals surface area contributed by atoms with Gasteiger partial charge in [-0.25, -0.2) is 0 Å². The first-order valence-corrected chi connectivity index (χ1v) is 6.73. The van der Waals surface area contributed by atoms with Crippen LogP contribution >= 0.6 is 0 Å². The summed E-state index contributed by atoms with van der Waals surface area (Å²) in [6.45, 7) is 6.48. The smallest absolute Gasteiger partial charge is 0.00874 e. The summed E-state index contributed by atoms with van der Waals surface area (Å²) in [6.07, 6.45) is 8.48. The highest BCUT2D eigenvalue weighted by Crippen LogP contribution is 2.36. The van der Waals surface area contributed by atoms with Gasteiger partial charge in [0.25, 0.3) is 0 Å². The zero-order valence-electron chi connectivity index (χ0n) is 10.8. The maximum absolute atomic E-state index is 4.24. The van der Waals surface area contributed by atoms with Gasteiger partial charge in [0.1, 0.15) is 0 Å². The van der Waals surface area contributed by atoms with E-state index in [2.05, 4.69) is 49.9 Å². The van der Waals surface area contributed by atoms with Gasteiger partial charge in [-0.3, -0.25) is 0 Å². The van der Waals surface area contributed by atoms with Crippen LogP contribution in [0.4, 0.5) is 0 Å². The predicted octanol–water partition coefficient (Wildman–Crippen LogP) is 4.92. The Balaban J connectivity index is 1.89. The second kappa shape index (κ2) is 5.86. The second-order valence-electron chi connectivity index (χ2n) is 4.99. The van der Waals surface area contributed by atoms with Gasteiger partial charge >= 0.3 is 0 Å². The van der Waals surface area contributed by atoms with Crippen molar-refractivity contribution in [2.75, 3.05) is 0 Å². The SMILES string of the molecule is C=C(CCCC)C1=CCC1Cc1ccccc1. The lowest BCUT2D eigenvalue weighted by atomic mass is 9.76. The van der Waals surface area contributed by atoms with E-state index >= 15 is 0 Å². The Kier molecular flexibility index (Phi) is 4.19. The summed E-state index contributed by atoms with van der Waals surface area (Å²) in [7, 11) is 0. The Hall–Kier alpha value is -1.30. The molecule has 0 saturated carbocycles. The summed E-state index contributed by atoms with van der Waals surface area (Å²) >= 11 is 0. The van der Waals surface area contributed by atoms with Crippen LogP contribution in [0.5, 0.6) is 0 Å². The molecule has 0 nitrogen and oxygen atoms in total. The van der Waals surface area contributed by atoms with Crippen molar-refractivity contribution in [1.29, 1.82) is 0 Å². The van der Waals surface area contributed by atoms with E-state index in [9.17, 15) is 0 Å². The van der Waals surface area contributed by atoms with Gasteiger partial charge in [-0.05, 0) is 42.7 Å². The Bertz CT molecular complexity index is 397. The van der Waals surface area contributed by atoms with Crippen LogP contribution in [-0.2, 0) is 6.42 Å². The summed E-state index contributed by atoms with van der Waals surface area (Å²) in [5, 5.41) is 0. The van der Waals surface area contributed by atoms with Crippen LogP contribution < -0.4 is 0 Å². The molecule has 1 atom stereocenters. The fourth-order valence-electron chi connectivity index (χ4n) is 2.46. The predicted molar refractivity (Wildman–Crippen MR) is 75.0 cm³/mol. The molecule has 0 aliphatic heterocycles. The lowest BCUT2D eigenvalue weighted by Crippen LogP contribution is -2.16. The molecule has 0 saturated heterocycles. The van der Waals surface area contributed by atoms with Gasteiger partial charge in [0.2, 0.25) is 0 Å². The van der Waals surface area contributed by atoms with Gasteiger partial charge in [0, 0.05) is 0 Å². The number of unbranched alkanes of at least 4 members (excludes halogenated alkanes) is 1. The molecule has 1 aliphatic carbocycles. The standard InChI is InChI=1S/C17H22/c1-3-4-8-14(2)17-12-11-16(17)13-15-9-6-5-7-10-15/h5-7,9-10,12,16H,2-4,8,11,13H2,1H3. The zero-order chi connectivity index (χ0) is 12.1. The highest BCUT2D eigenvalue weighted by atomic mass is 14.3. The maximum Gasteiger partial charge on any atom is -0.00874 e. The topological polar surface area (TPSA) is 0 Å². The van der Waals surface area contributed by atoms with Crippen molar-refractivity contribution in [3.63, 3.8) is 0 Å². The maximum atomic E-state index is 4.24. The summed E-state index contributed by atoms with van der Waals surface area (Å²) in [6, 6.07) is 10.8. The summed E-state index contributed by atoms with van der Waals surface area (Å²) < 4.78 is 0. The molecule has 2 rings (SSSR count). The summed E-state index contributed by atoms with van der Waals surface area (Å²) in [5.41, 5.74) is 4.35. The molecule has 0 radical (unpaired) electrons. The van der Waals surface area contributed by atoms with Crippen molar-refractivity contribution >= 4 is 0 Å². The Morgan fingerprint density at radius 1 is 1.29 bits per heavy atom. The molecular formula is C17H22. The molecule has 0 heterocycles. The quantitative estimate of drug-likeness (QED) is 0.645. The van der Waals surface area contributed by atoms with Gasteiger partial charge in [-0.2, -0.15) is 0 Å². The van der Waals surface area contributed by atoms with E-state index in [0.29, 0.717) is 0 Å². The van der Waals surface area contributed by atoms with Gasteiger partial charge in [-0.1, -0.05) is 61.9 Å². The highest BCUT2D eigenvalue weighted by molar-refractivity contribution is 5.38. The first-order valence-electron chi connectivity index (χ1n) is 6.73. The normalized spacial score (nSPS) is 18.4. The number of benzene rings is 1. The third-order valence-corrected chi connectivity index (χ3v) is 3.63. The number of hydrogen-bond donors (Lipinski definition) is 0. The fraction of sp³-hybridized carbons (Fsp3) is 0.412. The van der Waals surface area contributed by atoms with Crippen molar-refractivity contribution in [2.24, 2.45) is 5.92 Å². The van der Waals surface area contributed by atoms with E-state index in [-0.39, 0.29) is 0 Å². The van der Waals surface area contributed by atoms with E-state index in [1.807, 2.05) is 0 Å². The molecule has 1 unspecified atom stereocenters. The minimum Gasteiger partial charge on any atom is -0.0956 e. The lowest BCUT2D eigenvalue weighted by molar-refractivity contribution is 0.559. The van der Waals surface area contributed by atoms with Crippen molar-refractivity contribution in [3.8, 4) is 0 Å². The molecule has 0 N–H and O–H groups in total. The van der Waals surface area contributed by atoms with Gasteiger partial charge in [-0.15, -0.1) is 0 Å². The minimum atomic E-state index is 0.724. The molecule has 0 spiro atoms. The van der Waals surface area contributed by atoms with Crippen LogP contribution in [0.1, 0.15) is 38.2 Å². The van der Waals surface area contributed by atoms with Gasteiger partial charge in [0.05, 0.1) is 0 Å². The van der Waals surface area contributed by atoms with E-state index in [4.69, 9.17) is 0 Å². The van der Waals surface area contributed by atoms with Crippen molar-refractivity contribution in [2.45, 2.75) is 39.0 Å². The molecule has 0 fully saturated rings. The van der Waals surface area contributed by atoms with Crippen LogP contribution in [-0.4, -0.2) is 0 Å². The zero-order valence-corrected chi connectivity index (χ0v) is 10.8. The first-order chi connectivity index (χ1) is 8.31. The molecule has 0 amide bonds. The molecule has 1 aromatic rings. The average molecular weight is 226 g/mol. The van der Waals surface area contributed by atoms with Crippen molar-refractivity contribution in [3.05, 3.63) is 59.7 Å².